The molecule has 2 N–H and O–H groups in total. The number of ether oxygens (including phenoxy) is 3. The standard InChI is InChI=1S/C18H25ClO3.C5H11NO2/c1-4-17(20)21-13(3)18(14-7-5-6-8-14)22-16-10-9-12(2)11-15(16)19;1-5(2,3)8-4(6)7/h9-11,13-14,18H,4-8H2,1-3H3;1-3H3,(H2,6,7)/t13?,18-;/m0./s1. The second-order valence-electron chi connectivity index (χ2n) is 8.64. The highest BCUT2D eigenvalue weighted by atomic mass is 35.5. The Balaban J connectivity index is 0.000000479. The fraction of sp³-hybridized carbons (Fsp3) is 0.652. The van der Waals surface area contributed by atoms with E-state index in [9.17, 15) is 9.59 Å². The molecule has 1 fully saturated rings. The Morgan fingerprint density at radius 1 is 1.23 bits per heavy atom. The van der Waals surface area contributed by atoms with Crippen LogP contribution in [-0.2, 0) is 14.3 Å². The van der Waals surface area contributed by atoms with Crippen molar-refractivity contribution in [3.8, 4) is 5.75 Å². The SMILES string of the molecule is CC(C)(C)OC(N)=O.CCC(=O)OC(C)[C@H](Oc1ccc(C)cc1Cl)C1CCCC1. The van der Waals surface area contributed by atoms with Crippen LogP contribution in [0.2, 0.25) is 5.02 Å². The maximum absolute atomic E-state index is 11.6. The van der Waals surface area contributed by atoms with Crippen LogP contribution >= 0.6 is 11.6 Å². The molecule has 0 saturated heterocycles. The lowest BCUT2D eigenvalue weighted by molar-refractivity contribution is -0.153. The molecule has 1 unspecified atom stereocenters. The predicted molar refractivity (Wildman–Crippen MR) is 119 cm³/mol. The molecule has 170 valence electrons. The van der Waals surface area contributed by atoms with Crippen LogP contribution in [0.4, 0.5) is 4.79 Å². The summed E-state index contributed by atoms with van der Waals surface area (Å²) >= 11 is 6.29. The van der Waals surface area contributed by atoms with Crippen molar-refractivity contribution in [2.75, 3.05) is 0 Å². The lowest BCUT2D eigenvalue weighted by atomic mass is 9.96. The van der Waals surface area contributed by atoms with Crippen LogP contribution < -0.4 is 10.5 Å². The molecule has 1 aliphatic carbocycles. The Labute approximate surface area is 185 Å². The molecule has 0 bridgehead atoms. The summed E-state index contributed by atoms with van der Waals surface area (Å²) < 4.78 is 16.3. The lowest BCUT2D eigenvalue weighted by Crippen LogP contribution is -2.38. The molecule has 30 heavy (non-hydrogen) atoms. The van der Waals surface area contributed by atoms with E-state index in [1.54, 1.807) is 27.7 Å². The van der Waals surface area contributed by atoms with Gasteiger partial charge in [0, 0.05) is 6.42 Å². The van der Waals surface area contributed by atoms with Crippen molar-refractivity contribution in [1.29, 1.82) is 0 Å². The summed E-state index contributed by atoms with van der Waals surface area (Å²) in [6, 6.07) is 5.77. The molecule has 0 radical (unpaired) electrons. The van der Waals surface area contributed by atoms with Crippen LogP contribution in [0, 0.1) is 12.8 Å². The molecule has 1 aromatic carbocycles. The van der Waals surface area contributed by atoms with Gasteiger partial charge in [-0.25, -0.2) is 4.79 Å². The van der Waals surface area contributed by atoms with Gasteiger partial charge in [-0.15, -0.1) is 0 Å². The van der Waals surface area contributed by atoms with Crippen molar-refractivity contribution in [3.05, 3.63) is 28.8 Å². The minimum Gasteiger partial charge on any atom is -0.485 e. The summed E-state index contributed by atoms with van der Waals surface area (Å²) in [7, 11) is 0. The number of rotatable bonds is 6. The second-order valence-corrected chi connectivity index (χ2v) is 9.05. The Bertz CT molecular complexity index is 695. The van der Waals surface area contributed by atoms with Gasteiger partial charge in [0.25, 0.3) is 0 Å². The molecule has 2 rings (SSSR count). The minimum absolute atomic E-state index is 0.141. The highest BCUT2D eigenvalue weighted by Crippen LogP contribution is 2.35. The third kappa shape index (κ3) is 9.70. The Hall–Kier alpha value is -1.95. The van der Waals surface area contributed by atoms with Gasteiger partial charge >= 0.3 is 12.1 Å². The minimum atomic E-state index is -0.725. The number of hydrogen-bond donors (Lipinski definition) is 1. The first-order valence-electron chi connectivity index (χ1n) is 10.5. The first-order valence-corrected chi connectivity index (χ1v) is 10.9. The van der Waals surface area contributed by atoms with Crippen LogP contribution in [-0.4, -0.2) is 29.9 Å². The monoisotopic (exact) mass is 441 g/mol. The van der Waals surface area contributed by atoms with Crippen molar-refractivity contribution in [2.45, 2.75) is 91.5 Å². The van der Waals surface area contributed by atoms with Gasteiger partial charge in [0.15, 0.2) is 0 Å². The molecular formula is C23H36ClNO5. The normalized spacial score (nSPS) is 16.1. The molecule has 1 saturated carbocycles. The summed E-state index contributed by atoms with van der Waals surface area (Å²) in [5.74, 6) is 0.898. The van der Waals surface area contributed by atoms with Gasteiger partial charge in [-0.05, 0) is 71.1 Å². The third-order valence-corrected chi connectivity index (χ3v) is 4.99. The number of benzene rings is 1. The summed E-state index contributed by atoms with van der Waals surface area (Å²) in [6.45, 7) is 11.0. The zero-order chi connectivity index (χ0) is 22.9. The average molecular weight is 442 g/mol. The van der Waals surface area contributed by atoms with E-state index in [1.165, 1.54) is 12.8 Å². The molecule has 2 atom stereocenters. The molecule has 7 heteroatoms. The molecule has 1 aromatic rings. The summed E-state index contributed by atoms with van der Waals surface area (Å²) in [6.07, 6.45) is 3.89. The highest BCUT2D eigenvalue weighted by Gasteiger charge is 2.33. The molecule has 1 amide bonds. The quantitative estimate of drug-likeness (QED) is 0.563. The molecular weight excluding hydrogens is 406 g/mol. The zero-order valence-corrected chi connectivity index (χ0v) is 19.8. The molecule has 0 spiro atoms. The van der Waals surface area contributed by atoms with Crippen LogP contribution in [0.15, 0.2) is 18.2 Å². The van der Waals surface area contributed by atoms with E-state index >= 15 is 0 Å². The summed E-state index contributed by atoms with van der Waals surface area (Å²) in [5, 5.41) is 0.608. The number of carbonyl (C=O) groups is 2. The lowest BCUT2D eigenvalue weighted by Gasteiger charge is -2.30. The van der Waals surface area contributed by atoms with Crippen molar-refractivity contribution in [3.63, 3.8) is 0 Å². The van der Waals surface area contributed by atoms with Crippen molar-refractivity contribution in [1.82, 2.24) is 0 Å². The molecule has 1 aliphatic rings. The number of halogens is 1. The van der Waals surface area contributed by atoms with E-state index in [0.717, 1.165) is 18.4 Å². The van der Waals surface area contributed by atoms with E-state index in [4.69, 9.17) is 26.8 Å². The van der Waals surface area contributed by atoms with Crippen molar-refractivity contribution in [2.24, 2.45) is 11.7 Å². The van der Waals surface area contributed by atoms with Crippen LogP contribution in [0.25, 0.3) is 0 Å². The molecule has 0 aromatic heterocycles. The number of primary amides is 1. The van der Waals surface area contributed by atoms with Gasteiger partial charge in [0.2, 0.25) is 0 Å². The van der Waals surface area contributed by atoms with Gasteiger partial charge in [-0.1, -0.05) is 37.4 Å². The highest BCUT2D eigenvalue weighted by molar-refractivity contribution is 6.32. The number of aryl methyl sites for hydroxylation is 1. The molecule has 6 nitrogen and oxygen atoms in total. The summed E-state index contributed by atoms with van der Waals surface area (Å²) in [4.78, 5) is 21.6. The maximum atomic E-state index is 11.6. The molecule has 0 aliphatic heterocycles. The molecule has 0 heterocycles. The number of hydrogen-bond acceptors (Lipinski definition) is 5. The number of nitrogens with two attached hydrogens (primary N) is 1. The Morgan fingerprint density at radius 3 is 2.27 bits per heavy atom. The Kier molecular flexibility index (Phi) is 10.5. The number of esters is 1. The van der Waals surface area contributed by atoms with Gasteiger partial charge in [-0.2, -0.15) is 0 Å². The van der Waals surface area contributed by atoms with Gasteiger partial charge in [0.05, 0.1) is 5.02 Å². The zero-order valence-electron chi connectivity index (χ0n) is 19.0. The smallest absolute Gasteiger partial charge is 0.405 e. The third-order valence-electron chi connectivity index (χ3n) is 4.69. The largest absolute Gasteiger partial charge is 0.485 e. The maximum Gasteiger partial charge on any atom is 0.405 e. The van der Waals surface area contributed by atoms with E-state index in [1.807, 2.05) is 32.0 Å². The van der Waals surface area contributed by atoms with Gasteiger partial charge in [-0.3, -0.25) is 4.79 Å². The first kappa shape index (κ1) is 26.1. The fourth-order valence-electron chi connectivity index (χ4n) is 3.37. The van der Waals surface area contributed by atoms with Gasteiger partial charge in [0.1, 0.15) is 23.6 Å². The van der Waals surface area contributed by atoms with Crippen LogP contribution in [0.3, 0.4) is 0 Å². The Morgan fingerprint density at radius 2 is 1.83 bits per heavy atom. The second kappa shape index (κ2) is 12.0. The predicted octanol–water partition coefficient (Wildman–Crippen LogP) is 5.81. The first-order chi connectivity index (χ1) is 13.9. The van der Waals surface area contributed by atoms with Crippen LogP contribution in [0.1, 0.15) is 72.3 Å². The van der Waals surface area contributed by atoms with Gasteiger partial charge < -0.3 is 19.9 Å². The number of carbonyl (C=O) groups excluding carboxylic acids is 2. The van der Waals surface area contributed by atoms with E-state index in [2.05, 4.69) is 4.74 Å². The average Bonchev–Trinajstić information content (AvgIpc) is 3.13. The topological polar surface area (TPSA) is 87.9 Å². The number of amides is 1. The van der Waals surface area contributed by atoms with E-state index in [-0.39, 0.29) is 18.2 Å². The van der Waals surface area contributed by atoms with Crippen LogP contribution in [0.5, 0.6) is 5.75 Å². The van der Waals surface area contributed by atoms with Crippen molar-refractivity contribution >= 4 is 23.7 Å². The van der Waals surface area contributed by atoms with E-state index < -0.39 is 11.7 Å². The van der Waals surface area contributed by atoms with Crippen molar-refractivity contribution < 1.29 is 23.8 Å². The fourth-order valence-corrected chi connectivity index (χ4v) is 3.65. The summed E-state index contributed by atoms with van der Waals surface area (Å²) in [5.41, 5.74) is 5.36. The van der Waals surface area contributed by atoms with E-state index in [0.29, 0.717) is 23.1 Å².